The molecular formula is C14H19FN2O3. The van der Waals surface area contributed by atoms with Crippen LogP contribution in [-0.4, -0.2) is 23.3 Å². The topological polar surface area (TPSA) is 60.5 Å². The fraction of sp³-hybridized carbons (Fsp3) is 0.571. The van der Waals surface area contributed by atoms with Gasteiger partial charge in [-0.2, -0.15) is 4.39 Å². The predicted molar refractivity (Wildman–Crippen MR) is 72.0 cm³/mol. The van der Waals surface area contributed by atoms with Crippen molar-refractivity contribution in [2.24, 2.45) is 0 Å². The fourth-order valence-corrected chi connectivity index (χ4v) is 2.05. The summed E-state index contributed by atoms with van der Waals surface area (Å²) in [4.78, 5) is 15.4. The van der Waals surface area contributed by atoms with Gasteiger partial charge in [0, 0.05) is 18.2 Å². The Kier molecular flexibility index (Phi) is 4.23. The molecule has 1 N–H and O–H groups in total. The van der Waals surface area contributed by atoms with Crippen molar-refractivity contribution in [2.75, 3.05) is 11.9 Å². The number of anilines is 1. The molecular weight excluding hydrogens is 263 g/mol. The molecule has 20 heavy (non-hydrogen) atoms. The highest BCUT2D eigenvalue weighted by Gasteiger charge is 2.24. The Morgan fingerprint density at radius 3 is 2.90 bits per heavy atom. The van der Waals surface area contributed by atoms with Gasteiger partial charge in [0.25, 0.3) is 0 Å². The summed E-state index contributed by atoms with van der Waals surface area (Å²) in [6.45, 7) is 5.96. The number of amides is 1. The van der Waals surface area contributed by atoms with Gasteiger partial charge in [0.2, 0.25) is 5.95 Å². The average Bonchev–Trinajstić information content (AvgIpc) is 2.82. The molecule has 1 saturated heterocycles. The van der Waals surface area contributed by atoms with Gasteiger partial charge >= 0.3 is 6.09 Å². The summed E-state index contributed by atoms with van der Waals surface area (Å²) >= 11 is 0. The Balaban J connectivity index is 2.16. The first-order valence-corrected chi connectivity index (χ1v) is 6.62. The minimum atomic E-state index is -0.596. The SMILES string of the molecule is CC(C)(C)OC(=O)Nc1cnc(F)cc1[C@@H]1CCCO1. The quantitative estimate of drug-likeness (QED) is 0.844. The molecule has 1 aliphatic rings. The summed E-state index contributed by atoms with van der Waals surface area (Å²) < 4.78 is 24.0. The van der Waals surface area contributed by atoms with Crippen LogP contribution < -0.4 is 5.32 Å². The Hall–Kier alpha value is -1.69. The molecule has 1 amide bonds. The van der Waals surface area contributed by atoms with E-state index in [-0.39, 0.29) is 6.10 Å². The fourth-order valence-electron chi connectivity index (χ4n) is 2.05. The van der Waals surface area contributed by atoms with E-state index in [9.17, 15) is 9.18 Å². The Bertz CT molecular complexity index is 494. The molecule has 0 bridgehead atoms. The second kappa shape index (κ2) is 5.75. The summed E-state index contributed by atoms with van der Waals surface area (Å²) in [5.41, 5.74) is 0.426. The maximum atomic E-state index is 13.3. The van der Waals surface area contributed by atoms with E-state index >= 15 is 0 Å². The van der Waals surface area contributed by atoms with Crippen molar-refractivity contribution in [2.45, 2.75) is 45.3 Å². The second-order valence-electron chi connectivity index (χ2n) is 5.72. The average molecular weight is 282 g/mol. The third-order valence-electron chi connectivity index (χ3n) is 2.81. The smallest absolute Gasteiger partial charge is 0.412 e. The number of carbonyl (C=O) groups excluding carboxylic acids is 1. The van der Waals surface area contributed by atoms with E-state index in [4.69, 9.17) is 9.47 Å². The molecule has 0 spiro atoms. The lowest BCUT2D eigenvalue weighted by Crippen LogP contribution is -2.27. The largest absolute Gasteiger partial charge is 0.444 e. The highest BCUT2D eigenvalue weighted by atomic mass is 19.1. The summed E-state index contributed by atoms with van der Waals surface area (Å²) in [6, 6.07) is 1.29. The van der Waals surface area contributed by atoms with Gasteiger partial charge in [0.1, 0.15) is 5.60 Å². The highest BCUT2D eigenvalue weighted by molar-refractivity contribution is 5.85. The summed E-state index contributed by atoms with van der Waals surface area (Å²) in [5.74, 6) is -0.592. The van der Waals surface area contributed by atoms with Crippen LogP contribution >= 0.6 is 0 Å². The number of pyridine rings is 1. The number of hydrogen-bond donors (Lipinski definition) is 1. The first kappa shape index (κ1) is 14.7. The summed E-state index contributed by atoms with van der Waals surface area (Å²) in [5, 5.41) is 2.60. The number of hydrogen-bond acceptors (Lipinski definition) is 4. The Labute approximate surface area is 117 Å². The minimum absolute atomic E-state index is 0.211. The van der Waals surface area contributed by atoms with Crippen LogP contribution in [0.4, 0.5) is 14.9 Å². The Morgan fingerprint density at radius 1 is 1.55 bits per heavy atom. The second-order valence-corrected chi connectivity index (χ2v) is 5.72. The van der Waals surface area contributed by atoms with Crippen molar-refractivity contribution in [1.82, 2.24) is 4.98 Å². The van der Waals surface area contributed by atoms with E-state index in [1.165, 1.54) is 12.3 Å². The zero-order chi connectivity index (χ0) is 14.8. The van der Waals surface area contributed by atoms with Gasteiger partial charge in [-0.05, 0) is 33.6 Å². The number of aromatic nitrogens is 1. The lowest BCUT2D eigenvalue weighted by atomic mass is 10.1. The molecule has 6 heteroatoms. The van der Waals surface area contributed by atoms with Gasteiger partial charge in [-0.1, -0.05) is 0 Å². The number of nitrogens with one attached hydrogen (secondary N) is 1. The van der Waals surface area contributed by atoms with Crippen molar-refractivity contribution in [1.29, 1.82) is 0 Å². The Morgan fingerprint density at radius 2 is 2.30 bits per heavy atom. The molecule has 0 unspecified atom stereocenters. The van der Waals surface area contributed by atoms with Crippen LogP contribution in [0.15, 0.2) is 12.3 Å². The van der Waals surface area contributed by atoms with E-state index in [1.54, 1.807) is 20.8 Å². The first-order chi connectivity index (χ1) is 9.35. The van der Waals surface area contributed by atoms with Gasteiger partial charge in [0.05, 0.1) is 18.0 Å². The molecule has 5 nitrogen and oxygen atoms in total. The molecule has 1 aliphatic heterocycles. The number of carbonyl (C=O) groups is 1. The van der Waals surface area contributed by atoms with Gasteiger partial charge in [-0.3, -0.25) is 5.32 Å². The molecule has 0 aliphatic carbocycles. The highest BCUT2D eigenvalue weighted by Crippen LogP contribution is 2.33. The molecule has 0 radical (unpaired) electrons. The lowest BCUT2D eigenvalue weighted by Gasteiger charge is -2.21. The van der Waals surface area contributed by atoms with Gasteiger partial charge in [-0.15, -0.1) is 0 Å². The molecule has 0 aromatic carbocycles. The zero-order valence-electron chi connectivity index (χ0n) is 11.9. The maximum absolute atomic E-state index is 13.3. The zero-order valence-corrected chi connectivity index (χ0v) is 11.9. The van der Waals surface area contributed by atoms with Crippen molar-refractivity contribution in [3.63, 3.8) is 0 Å². The summed E-state index contributed by atoms with van der Waals surface area (Å²) in [6.07, 6.45) is 2.20. The van der Waals surface area contributed by atoms with Gasteiger partial charge in [-0.25, -0.2) is 9.78 Å². The van der Waals surface area contributed by atoms with Crippen LogP contribution in [0.3, 0.4) is 0 Å². The van der Waals surface area contributed by atoms with Crippen LogP contribution in [0.5, 0.6) is 0 Å². The molecule has 1 fully saturated rings. The van der Waals surface area contributed by atoms with Crippen molar-refractivity contribution in [3.8, 4) is 0 Å². The minimum Gasteiger partial charge on any atom is -0.444 e. The number of rotatable bonds is 2. The molecule has 1 aromatic heterocycles. The van der Waals surface area contributed by atoms with Crippen LogP contribution in [-0.2, 0) is 9.47 Å². The number of nitrogens with zero attached hydrogens (tertiary/aromatic N) is 1. The number of halogens is 1. The molecule has 2 rings (SSSR count). The van der Waals surface area contributed by atoms with E-state index in [2.05, 4.69) is 10.3 Å². The van der Waals surface area contributed by atoms with Gasteiger partial charge < -0.3 is 9.47 Å². The molecule has 2 heterocycles. The maximum Gasteiger partial charge on any atom is 0.412 e. The van der Waals surface area contributed by atoms with Crippen LogP contribution in [0.2, 0.25) is 0 Å². The molecule has 1 aromatic rings. The molecule has 1 atom stereocenters. The monoisotopic (exact) mass is 282 g/mol. The lowest BCUT2D eigenvalue weighted by molar-refractivity contribution is 0.0634. The van der Waals surface area contributed by atoms with Crippen LogP contribution in [0.25, 0.3) is 0 Å². The molecule has 110 valence electrons. The van der Waals surface area contributed by atoms with Crippen molar-refractivity contribution < 1.29 is 18.7 Å². The van der Waals surface area contributed by atoms with E-state index in [0.717, 1.165) is 12.8 Å². The van der Waals surface area contributed by atoms with E-state index in [0.29, 0.717) is 17.9 Å². The molecule has 0 saturated carbocycles. The van der Waals surface area contributed by atoms with Crippen LogP contribution in [0.1, 0.15) is 45.3 Å². The first-order valence-electron chi connectivity index (χ1n) is 6.62. The predicted octanol–water partition coefficient (Wildman–Crippen LogP) is 3.42. The van der Waals surface area contributed by atoms with Gasteiger partial charge in [0.15, 0.2) is 0 Å². The standard InChI is InChI=1S/C14H19FN2O3/c1-14(2,3)20-13(18)17-10-8-16-12(15)7-9(10)11-5-4-6-19-11/h7-8,11H,4-6H2,1-3H3,(H,17,18)/t11-/m0/s1. The van der Waals surface area contributed by atoms with Crippen molar-refractivity contribution >= 4 is 11.8 Å². The summed E-state index contributed by atoms with van der Waals surface area (Å²) in [7, 11) is 0. The third-order valence-corrected chi connectivity index (χ3v) is 2.81. The normalized spacial score (nSPS) is 18.9. The number of ether oxygens (including phenoxy) is 2. The van der Waals surface area contributed by atoms with E-state index in [1.807, 2.05) is 0 Å². The van der Waals surface area contributed by atoms with Crippen molar-refractivity contribution in [3.05, 3.63) is 23.8 Å². The van der Waals surface area contributed by atoms with Crippen LogP contribution in [0, 0.1) is 5.95 Å². The van der Waals surface area contributed by atoms with E-state index < -0.39 is 17.6 Å². The third kappa shape index (κ3) is 3.90.